The van der Waals surface area contributed by atoms with E-state index in [4.69, 9.17) is 0 Å². The Balaban J connectivity index is 2.05. The number of hydrogen-bond donors (Lipinski definition) is 2. The third-order valence-electron chi connectivity index (χ3n) is 2.79. The molecule has 6 nitrogen and oxygen atoms in total. The highest BCUT2D eigenvalue weighted by Crippen LogP contribution is 2.22. The molecule has 0 saturated heterocycles. The van der Waals surface area contributed by atoms with Crippen molar-refractivity contribution in [3.8, 4) is 0 Å². The number of carbonyl (C=O) groups is 2. The number of anilines is 1. The zero-order valence-corrected chi connectivity index (χ0v) is 12.6. The molecule has 0 spiro atoms. The van der Waals surface area contributed by atoms with Gasteiger partial charge in [-0.15, -0.1) is 11.3 Å². The topological polar surface area (TPSA) is 84.0 Å². The van der Waals surface area contributed by atoms with Gasteiger partial charge in [0.25, 0.3) is 0 Å². The van der Waals surface area contributed by atoms with E-state index < -0.39 is 0 Å². The Morgan fingerprint density at radius 1 is 1.33 bits per heavy atom. The van der Waals surface area contributed by atoms with Crippen molar-refractivity contribution in [3.63, 3.8) is 0 Å². The standard InChI is InChI=1S/C14H16N4O2S/c1-9-14(16-6-5-15-9)18-13(20)8-11(17-10(2)19)12-4-3-7-21-12/h3-7,11H,8H2,1-2H3,(H,17,19)(H,16,18,20). The Bertz CT molecular complexity index is 628. The van der Waals surface area contributed by atoms with Crippen molar-refractivity contribution in [3.05, 3.63) is 40.5 Å². The van der Waals surface area contributed by atoms with Crippen LogP contribution in [0.25, 0.3) is 0 Å². The summed E-state index contributed by atoms with van der Waals surface area (Å²) in [5.41, 5.74) is 0.651. The van der Waals surface area contributed by atoms with E-state index in [9.17, 15) is 9.59 Å². The van der Waals surface area contributed by atoms with Gasteiger partial charge in [-0.2, -0.15) is 0 Å². The molecule has 2 heterocycles. The molecule has 2 N–H and O–H groups in total. The van der Waals surface area contributed by atoms with E-state index >= 15 is 0 Å². The van der Waals surface area contributed by atoms with E-state index in [1.165, 1.54) is 24.5 Å². The number of hydrogen-bond acceptors (Lipinski definition) is 5. The normalized spacial score (nSPS) is 11.7. The molecule has 2 rings (SSSR count). The van der Waals surface area contributed by atoms with Crippen molar-refractivity contribution in [1.29, 1.82) is 0 Å². The maximum Gasteiger partial charge on any atom is 0.228 e. The van der Waals surface area contributed by atoms with Gasteiger partial charge in [-0.3, -0.25) is 14.6 Å². The molecule has 0 bridgehead atoms. The second kappa shape index (κ2) is 6.94. The van der Waals surface area contributed by atoms with Crippen LogP contribution in [0.1, 0.15) is 30.0 Å². The number of nitrogens with zero attached hydrogens (tertiary/aromatic N) is 2. The summed E-state index contributed by atoms with van der Waals surface area (Å²) in [5, 5.41) is 7.42. The highest BCUT2D eigenvalue weighted by molar-refractivity contribution is 7.10. The van der Waals surface area contributed by atoms with Crippen molar-refractivity contribution in [2.45, 2.75) is 26.3 Å². The molecule has 21 heavy (non-hydrogen) atoms. The third kappa shape index (κ3) is 4.35. The summed E-state index contributed by atoms with van der Waals surface area (Å²) in [4.78, 5) is 32.5. The molecule has 110 valence electrons. The highest BCUT2D eigenvalue weighted by Gasteiger charge is 2.18. The molecule has 0 fully saturated rings. The second-order valence-electron chi connectivity index (χ2n) is 4.51. The smallest absolute Gasteiger partial charge is 0.228 e. The fourth-order valence-electron chi connectivity index (χ4n) is 1.86. The van der Waals surface area contributed by atoms with E-state index in [0.29, 0.717) is 11.5 Å². The third-order valence-corrected chi connectivity index (χ3v) is 3.78. The average molecular weight is 304 g/mol. The van der Waals surface area contributed by atoms with Gasteiger partial charge in [-0.1, -0.05) is 6.07 Å². The van der Waals surface area contributed by atoms with Crippen LogP contribution in [0.3, 0.4) is 0 Å². The molecule has 0 aliphatic heterocycles. The van der Waals surface area contributed by atoms with E-state index in [-0.39, 0.29) is 24.3 Å². The molecule has 7 heteroatoms. The Morgan fingerprint density at radius 2 is 2.10 bits per heavy atom. The SMILES string of the molecule is CC(=O)NC(CC(=O)Nc1nccnc1C)c1cccs1. The van der Waals surface area contributed by atoms with E-state index in [1.807, 2.05) is 17.5 Å². The first-order valence-electron chi connectivity index (χ1n) is 6.44. The molecule has 0 radical (unpaired) electrons. The lowest BCUT2D eigenvalue weighted by molar-refractivity contribution is -0.120. The highest BCUT2D eigenvalue weighted by atomic mass is 32.1. The van der Waals surface area contributed by atoms with Gasteiger partial charge in [0.1, 0.15) is 0 Å². The van der Waals surface area contributed by atoms with Crippen LogP contribution in [0.5, 0.6) is 0 Å². The fraction of sp³-hybridized carbons (Fsp3) is 0.286. The lowest BCUT2D eigenvalue weighted by Gasteiger charge is -2.16. The lowest BCUT2D eigenvalue weighted by Crippen LogP contribution is -2.29. The van der Waals surface area contributed by atoms with E-state index in [2.05, 4.69) is 20.6 Å². The van der Waals surface area contributed by atoms with Crippen molar-refractivity contribution in [2.75, 3.05) is 5.32 Å². The number of aromatic nitrogens is 2. The first-order chi connectivity index (χ1) is 10.1. The Morgan fingerprint density at radius 3 is 2.71 bits per heavy atom. The minimum Gasteiger partial charge on any atom is -0.348 e. The Hall–Kier alpha value is -2.28. The van der Waals surface area contributed by atoms with Crippen molar-refractivity contribution >= 4 is 29.0 Å². The molecule has 0 aromatic carbocycles. The van der Waals surface area contributed by atoms with Crippen LogP contribution in [-0.2, 0) is 9.59 Å². The Labute approximate surface area is 126 Å². The number of rotatable bonds is 5. The second-order valence-corrected chi connectivity index (χ2v) is 5.49. The van der Waals surface area contributed by atoms with Crippen LogP contribution >= 0.6 is 11.3 Å². The van der Waals surface area contributed by atoms with E-state index in [0.717, 1.165) is 4.88 Å². The largest absolute Gasteiger partial charge is 0.348 e. The molecule has 0 aliphatic rings. The summed E-state index contributed by atoms with van der Waals surface area (Å²) in [6, 6.07) is 3.45. The predicted octanol–water partition coefficient (Wildman–Crippen LogP) is 2.05. The van der Waals surface area contributed by atoms with Gasteiger partial charge >= 0.3 is 0 Å². The molecule has 0 saturated carbocycles. The van der Waals surface area contributed by atoms with Crippen LogP contribution in [-0.4, -0.2) is 21.8 Å². The molecule has 1 unspecified atom stereocenters. The zero-order valence-electron chi connectivity index (χ0n) is 11.8. The van der Waals surface area contributed by atoms with Crippen molar-refractivity contribution in [2.24, 2.45) is 0 Å². The van der Waals surface area contributed by atoms with Crippen LogP contribution in [0.4, 0.5) is 5.82 Å². The van der Waals surface area contributed by atoms with Crippen LogP contribution in [0, 0.1) is 6.92 Å². The van der Waals surface area contributed by atoms with Crippen LogP contribution in [0.15, 0.2) is 29.9 Å². The maximum atomic E-state index is 12.1. The average Bonchev–Trinajstić information content (AvgIpc) is 2.94. The minimum absolute atomic E-state index is 0.149. The van der Waals surface area contributed by atoms with Gasteiger partial charge in [0.15, 0.2) is 5.82 Å². The quantitative estimate of drug-likeness (QED) is 0.885. The molecular weight excluding hydrogens is 288 g/mol. The summed E-state index contributed by atoms with van der Waals surface area (Å²) >= 11 is 1.50. The van der Waals surface area contributed by atoms with Gasteiger partial charge in [0.2, 0.25) is 11.8 Å². The predicted molar refractivity (Wildman–Crippen MR) is 80.9 cm³/mol. The van der Waals surface area contributed by atoms with Crippen LogP contribution in [0.2, 0.25) is 0 Å². The summed E-state index contributed by atoms with van der Waals surface area (Å²) in [7, 11) is 0. The lowest BCUT2D eigenvalue weighted by atomic mass is 10.1. The zero-order chi connectivity index (χ0) is 15.2. The fourth-order valence-corrected chi connectivity index (χ4v) is 2.63. The molecular formula is C14H16N4O2S. The summed E-state index contributed by atoms with van der Waals surface area (Å²) in [6.07, 6.45) is 3.24. The van der Waals surface area contributed by atoms with Gasteiger partial charge < -0.3 is 10.6 Å². The molecule has 2 amide bonds. The molecule has 1 atom stereocenters. The van der Waals surface area contributed by atoms with Crippen molar-refractivity contribution < 1.29 is 9.59 Å². The first-order valence-corrected chi connectivity index (χ1v) is 7.32. The Kier molecular flexibility index (Phi) is 4.99. The van der Waals surface area contributed by atoms with Gasteiger partial charge in [-0.25, -0.2) is 4.98 Å². The first kappa shape index (κ1) is 15.1. The monoisotopic (exact) mass is 304 g/mol. The van der Waals surface area contributed by atoms with Gasteiger partial charge in [0, 0.05) is 24.2 Å². The molecule has 2 aromatic heterocycles. The number of thiophene rings is 1. The van der Waals surface area contributed by atoms with Crippen LogP contribution < -0.4 is 10.6 Å². The maximum absolute atomic E-state index is 12.1. The van der Waals surface area contributed by atoms with Crippen molar-refractivity contribution in [1.82, 2.24) is 15.3 Å². The summed E-state index contributed by atoms with van der Waals surface area (Å²) in [5.74, 6) is 0.0536. The van der Waals surface area contributed by atoms with Gasteiger partial charge in [0.05, 0.1) is 18.2 Å². The molecule has 2 aromatic rings. The summed E-state index contributed by atoms with van der Waals surface area (Å²) in [6.45, 7) is 3.21. The number of nitrogens with one attached hydrogen (secondary N) is 2. The number of carbonyl (C=O) groups excluding carboxylic acids is 2. The number of aryl methyl sites for hydroxylation is 1. The van der Waals surface area contributed by atoms with E-state index in [1.54, 1.807) is 13.1 Å². The summed E-state index contributed by atoms with van der Waals surface area (Å²) < 4.78 is 0. The minimum atomic E-state index is -0.334. The number of amides is 2. The molecule has 0 aliphatic carbocycles. The van der Waals surface area contributed by atoms with Gasteiger partial charge in [-0.05, 0) is 18.4 Å².